The van der Waals surface area contributed by atoms with Crippen LogP contribution >= 0.6 is 0 Å². The summed E-state index contributed by atoms with van der Waals surface area (Å²) in [5, 5.41) is 2.77. The van der Waals surface area contributed by atoms with Gasteiger partial charge in [-0.05, 0) is 42.8 Å². The van der Waals surface area contributed by atoms with Gasteiger partial charge in [0.1, 0.15) is 5.75 Å². The molecule has 6 nitrogen and oxygen atoms in total. The van der Waals surface area contributed by atoms with E-state index in [2.05, 4.69) is 5.32 Å². The van der Waals surface area contributed by atoms with Crippen molar-refractivity contribution in [1.29, 1.82) is 0 Å². The highest BCUT2D eigenvalue weighted by Gasteiger charge is 2.21. The Balaban J connectivity index is 1.82. The number of carbonyl (C=O) groups excluding carboxylic acids is 1. The van der Waals surface area contributed by atoms with Crippen molar-refractivity contribution in [2.45, 2.75) is 31.6 Å². The minimum absolute atomic E-state index is 0.133. The average Bonchev–Trinajstić information content (AvgIpc) is 2.67. The van der Waals surface area contributed by atoms with Gasteiger partial charge in [0.25, 0.3) is 0 Å². The van der Waals surface area contributed by atoms with Crippen LogP contribution in [0.5, 0.6) is 5.75 Å². The second-order valence-electron chi connectivity index (χ2n) is 5.93. The van der Waals surface area contributed by atoms with E-state index in [1.54, 1.807) is 26.0 Å². The van der Waals surface area contributed by atoms with Crippen LogP contribution in [-0.4, -0.2) is 38.3 Å². The molecule has 0 saturated heterocycles. The zero-order chi connectivity index (χ0) is 19.7. The number of nitrogens with one attached hydrogen (secondary N) is 1. The molecule has 2 aromatic carbocycles. The molecule has 0 aromatic heterocycles. The van der Waals surface area contributed by atoms with Crippen molar-refractivity contribution in [3.63, 3.8) is 0 Å². The number of nitrogens with zero attached hydrogens (tertiary/aromatic N) is 1. The highest BCUT2D eigenvalue weighted by Crippen LogP contribution is 2.18. The topological polar surface area (TPSA) is 75.7 Å². The minimum Gasteiger partial charge on any atom is -0.494 e. The maximum atomic E-state index is 12.4. The maximum absolute atomic E-state index is 12.4. The molecule has 1 N–H and O–H groups in total. The first-order valence-corrected chi connectivity index (χ1v) is 10.5. The summed E-state index contributed by atoms with van der Waals surface area (Å²) >= 11 is 0. The van der Waals surface area contributed by atoms with Crippen molar-refractivity contribution in [2.24, 2.45) is 0 Å². The number of benzene rings is 2. The number of ether oxygens (including phenoxy) is 1. The SMILES string of the molecule is CCN(CC)S(=O)(=O)c1ccc(NC(=O)CCCOc2ccccc2)cc1. The molecule has 0 aliphatic heterocycles. The number of anilines is 1. The second kappa shape index (κ2) is 10.1. The summed E-state index contributed by atoms with van der Waals surface area (Å²) in [6, 6.07) is 15.7. The Bertz CT molecular complexity index is 817. The van der Waals surface area contributed by atoms with Gasteiger partial charge in [-0.2, -0.15) is 4.31 Å². The van der Waals surface area contributed by atoms with Crippen LogP contribution in [0.3, 0.4) is 0 Å². The van der Waals surface area contributed by atoms with Gasteiger partial charge in [-0.1, -0.05) is 32.0 Å². The molecule has 7 heteroatoms. The first-order valence-electron chi connectivity index (χ1n) is 9.05. The Morgan fingerprint density at radius 3 is 2.22 bits per heavy atom. The van der Waals surface area contributed by atoms with Crippen LogP contribution in [0.15, 0.2) is 59.5 Å². The highest BCUT2D eigenvalue weighted by atomic mass is 32.2. The fraction of sp³-hybridized carbons (Fsp3) is 0.350. The third-order valence-corrected chi connectivity index (χ3v) is 6.11. The number of hydrogen-bond acceptors (Lipinski definition) is 4. The van der Waals surface area contributed by atoms with Crippen molar-refractivity contribution >= 4 is 21.6 Å². The van der Waals surface area contributed by atoms with Gasteiger partial charge < -0.3 is 10.1 Å². The van der Waals surface area contributed by atoms with E-state index in [1.807, 2.05) is 30.3 Å². The molecule has 0 aliphatic rings. The van der Waals surface area contributed by atoms with Crippen molar-refractivity contribution in [1.82, 2.24) is 4.31 Å². The van der Waals surface area contributed by atoms with E-state index in [-0.39, 0.29) is 10.8 Å². The van der Waals surface area contributed by atoms with Gasteiger partial charge in [0, 0.05) is 25.2 Å². The Labute approximate surface area is 161 Å². The van der Waals surface area contributed by atoms with E-state index < -0.39 is 10.0 Å². The quantitative estimate of drug-likeness (QED) is 0.630. The van der Waals surface area contributed by atoms with E-state index in [1.165, 1.54) is 16.4 Å². The van der Waals surface area contributed by atoms with Gasteiger partial charge >= 0.3 is 0 Å². The van der Waals surface area contributed by atoms with Crippen LogP contribution in [0.4, 0.5) is 5.69 Å². The fourth-order valence-corrected chi connectivity index (χ4v) is 4.04. The number of carbonyl (C=O) groups is 1. The van der Waals surface area contributed by atoms with E-state index in [0.29, 0.717) is 38.2 Å². The summed E-state index contributed by atoms with van der Waals surface area (Å²) in [6.07, 6.45) is 0.918. The lowest BCUT2D eigenvalue weighted by atomic mass is 10.2. The molecule has 0 aliphatic carbocycles. The van der Waals surface area contributed by atoms with Crippen LogP contribution in [0.25, 0.3) is 0 Å². The van der Waals surface area contributed by atoms with Gasteiger partial charge in [-0.15, -0.1) is 0 Å². The number of hydrogen-bond donors (Lipinski definition) is 1. The molecule has 0 unspecified atom stereocenters. The lowest BCUT2D eigenvalue weighted by molar-refractivity contribution is -0.116. The molecule has 2 rings (SSSR count). The third kappa shape index (κ3) is 6.08. The Hall–Kier alpha value is -2.38. The molecule has 0 heterocycles. The Kier molecular flexibility index (Phi) is 7.82. The summed E-state index contributed by atoms with van der Waals surface area (Å²) in [5.41, 5.74) is 0.572. The molecular formula is C20H26N2O4S. The van der Waals surface area contributed by atoms with Gasteiger partial charge in [-0.25, -0.2) is 8.42 Å². The molecule has 0 spiro atoms. The molecule has 0 bridgehead atoms. The summed E-state index contributed by atoms with van der Waals surface area (Å²) in [4.78, 5) is 12.2. The monoisotopic (exact) mass is 390 g/mol. The normalized spacial score (nSPS) is 11.4. The van der Waals surface area contributed by atoms with E-state index >= 15 is 0 Å². The van der Waals surface area contributed by atoms with Gasteiger partial charge in [0.2, 0.25) is 15.9 Å². The van der Waals surface area contributed by atoms with Crippen LogP contribution in [0.2, 0.25) is 0 Å². The second-order valence-corrected chi connectivity index (χ2v) is 7.86. The molecule has 0 saturated carbocycles. The van der Waals surface area contributed by atoms with Crippen LogP contribution in [-0.2, 0) is 14.8 Å². The zero-order valence-corrected chi connectivity index (χ0v) is 16.5. The predicted octanol–water partition coefficient (Wildman–Crippen LogP) is 3.51. The Morgan fingerprint density at radius 1 is 1.00 bits per heavy atom. The lowest BCUT2D eigenvalue weighted by Crippen LogP contribution is -2.30. The van der Waals surface area contributed by atoms with E-state index in [4.69, 9.17) is 4.74 Å². The smallest absolute Gasteiger partial charge is 0.243 e. The molecule has 0 radical (unpaired) electrons. The van der Waals surface area contributed by atoms with Crippen molar-refractivity contribution < 1.29 is 17.9 Å². The van der Waals surface area contributed by atoms with Gasteiger partial charge in [0.05, 0.1) is 11.5 Å². The van der Waals surface area contributed by atoms with Crippen molar-refractivity contribution in [3.05, 3.63) is 54.6 Å². The number of rotatable bonds is 10. The zero-order valence-electron chi connectivity index (χ0n) is 15.7. The van der Waals surface area contributed by atoms with Gasteiger partial charge in [-0.3, -0.25) is 4.79 Å². The fourth-order valence-electron chi connectivity index (χ4n) is 2.59. The molecule has 2 aromatic rings. The number of amides is 1. The Morgan fingerprint density at radius 2 is 1.63 bits per heavy atom. The number of sulfonamides is 1. The lowest BCUT2D eigenvalue weighted by Gasteiger charge is -2.18. The highest BCUT2D eigenvalue weighted by molar-refractivity contribution is 7.89. The van der Waals surface area contributed by atoms with Gasteiger partial charge in [0.15, 0.2) is 0 Å². The predicted molar refractivity (Wildman–Crippen MR) is 106 cm³/mol. The van der Waals surface area contributed by atoms with E-state index in [9.17, 15) is 13.2 Å². The molecule has 0 atom stereocenters. The van der Waals surface area contributed by atoms with E-state index in [0.717, 1.165) is 5.75 Å². The summed E-state index contributed by atoms with van der Waals surface area (Å²) < 4.78 is 31.8. The van der Waals surface area contributed by atoms with Crippen LogP contribution in [0.1, 0.15) is 26.7 Å². The summed E-state index contributed by atoms with van der Waals surface area (Å²) in [7, 11) is -3.49. The number of para-hydroxylation sites is 1. The average molecular weight is 391 g/mol. The molecule has 1 amide bonds. The first-order chi connectivity index (χ1) is 13.0. The molecule has 0 fully saturated rings. The van der Waals surface area contributed by atoms with Crippen molar-refractivity contribution in [2.75, 3.05) is 25.0 Å². The minimum atomic E-state index is -3.49. The molecule has 27 heavy (non-hydrogen) atoms. The van der Waals surface area contributed by atoms with Crippen LogP contribution in [0, 0.1) is 0 Å². The van der Waals surface area contributed by atoms with Crippen molar-refractivity contribution in [3.8, 4) is 5.75 Å². The maximum Gasteiger partial charge on any atom is 0.243 e. The van der Waals surface area contributed by atoms with Crippen LogP contribution < -0.4 is 10.1 Å². The first kappa shape index (κ1) is 20.9. The third-order valence-electron chi connectivity index (χ3n) is 4.04. The summed E-state index contributed by atoms with van der Waals surface area (Å²) in [5.74, 6) is 0.647. The standard InChI is InChI=1S/C20H26N2O4S/c1-3-22(4-2)27(24,25)19-14-12-17(13-15-19)21-20(23)11-8-16-26-18-9-6-5-7-10-18/h5-7,9-10,12-15H,3-4,8,11,16H2,1-2H3,(H,21,23). The summed E-state index contributed by atoms with van der Waals surface area (Å²) in [6.45, 7) is 4.90. The largest absolute Gasteiger partial charge is 0.494 e. The molecular weight excluding hydrogens is 364 g/mol. The molecule has 146 valence electrons.